The molecular weight excluding hydrogens is 364 g/mol. The van der Waals surface area contributed by atoms with E-state index in [1.807, 2.05) is 30.3 Å². The molecule has 0 unspecified atom stereocenters. The third-order valence-electron chi connectivity index (χ3n) is 4.26. The number of amides is 1. The molecule has 0 bridgehead atoms. The lowest BCUT2D eigenvalue weighted by atomic mass is 10.0. The third-order valence-corrected chi connectivity index (χ3v) is 5.35. The summed E-state index contributed by atoms with van der Waals surface area (Å²) in [5.74, 6) is 0.0376. The van der Waals surface area contributed by atoms with Gasteiger partial charge in [-0.3, -0.25) is 14.7 Å². The Morgan fingerprint density at radius 3 is 2.78 bits per heavy atom. The summed E-state index contributed by atoms with van der Waals surface area (Å²) in [6.45, 7) is 0.133. The van der Waals surface area contributed by atoms with Gasteiger partial charge in [0.2, 0.25) is 0 Å². The highest BCUT2D eigenvalue weighted by molar-refractivity contribution is 8.03. The van der Waals surface area contributed by atoms with E-state index in [-0.39, 0.29) is 23.6 Å². The van der Waals surface area contributed by atoms with Crippen molar-refractivity contribution in [1.82, 2.24) is 9.88 Å². The van der Waals surface area contributed by atoms with E-state index in [4.69, 9.17) is 9.47 Å². The van der Waals surface area contributed by atoms with Gasteiger partial charge in [-0.1, -0.05) is 18.2 Å². The topological polar surface area (TPSA) is 68.7 Å². The van der Waals surface area contributed by atoms with Gasteiger partial charge in [-0.15, -0.1) is 11.8 Å². The van der Waals surface area contributed by atoms with Crippen molar-refractivity contribution in [3.8, 4) is 5.75 Å². The maximum Gasteiger partial charge on any atom is 0.355 e. The zero-order chi connectivity index (χ0) is 18.8. The third kappa shape index (κ3) is 3.33. The molecule has 1 aromatic carbocycles. The van der Waals surface area contributed by atoms with Crippen LogP contribution in [0.25, 0.3) is 6.08 Å². The number of aromatic nitrogens is 1. The molecule has 7 heteroatoms. The monoisotopic (exact) mass is 380 g/mol. The van der Waals surface area contributed by atoms with Crippen molar-refractivity contribution >= 4 is 29.7 Å². The summed E-state index contributed by atoms with van der Waals surface area (Å²) in [5, 5.41) is 1.49. The molecule has 0 spiro atoms. The first-order valence-electron chi connectivity index (χ1n) is 8.29. The van der Waals surface area contributed by atoms with Gasteiger partial charge >= 0.3 is 5.97 Å². The maximum atomic E-state index is 12.5. The normalized spacial score (nSPS) is 19.4. The van der Waals surface area contributed by atoms with Crippen LogP contribution in [0.1, 0.15) is 11.3 Å². The van der Waals surface area contributed by atoms with Crippen LogP contribution in [0.3, 0.4) is 0 Å². The van der Waals surface area contributed by atoms with Crippen LogP contribution in [-0.2, 0) is 20.9 Å². The Bertz CT molecular complexity index is 938. The Morgan fingerprint density at radius 2 is 2.07 bits per heavy atom. The molecule has 3 heterocycles. The number of pyridine rings is 1. The molecule has 1 saturated heterocycles. The van der Waals surface area contributed by atoms with Crippen LogP contribution in [0, 0.1) is 0 Å². The standard InChI is InChI=1S/C20H16N2O4S/c1-25-15-7-5-13(6-8-15)11-26-20(24)17-12-27-19-16(18(23)22(17)19)10-14-4-2-3-9-21-14/h2-10,12,19H,11H2,1H3/b16-10-/t19-/m1/s1. The first kappa shape index (κ1) is 17.4. The predicted molar refractivity (Wildman–Crippen MR) is 101 cm³/mol. The minimum atomic E-state index is -0.508. The summed E-state index contributed by atoms with van der Waals surface area (Å²) in [4.78, 5) is 30.5. The second-order valence-electron chi connectivity index (χ2n) is 5.95. The molecule has 136 valence electrons. The molecule has 2 aliphatic rings. The number of methoxy groups -OCH3 is 1. The largest absolute Gasteiger partial charge is 0.497 e. The minimum Gasteiger partial charge on any atom is -0.497 e. The van der Waals surface area contributed by atoms with Gasteiger partial charge < -0.3 is 9.47 Å². The Morgan fingerprint density at radius 1 is 1.26 bits per heavy atom. The molecule has 1 aromatic heterocycles. The zero-order valence-electron chi connectivity index (χ0n) is 14.5. The van der Waals surface area contributed by atoms with E-state index in [2.05, 4.69) is 4.98 Å². The molecule has 1 fully saturated rings. The van der Waals surface area contributed by atoms with E-state index >= 15 is 0 Å². The molecule has 0 saturated carbocycles. The summed E-state index contributed by atoms with van der Waals surface area (Å²) >= 11 is 1.42. The fourth-order valence-corrected chi connectivity index (χ4v) is 3.94. The van der Waals surface area contributed by atoms with Crippen molar-refractivity contribution in [3.05, 3.63) is 76.6 Å². The number of carbonyl (C=O) groups is 2. The number of esters is 1. The molecule has 2 aromatic rings. The molecule has 27 heavy (non-hydrogen) atoms. The van der Waals surface area contributed by atoms with Gasteiger partial charge in [-0.05, 0) is 35.9 Å². The van der Waals surface area contributed by atoms with Gasteiger partial charge in [0.25, 0.3) is 5.91 Å². The summed E-state index contributed by atoms with van der Waals surface area (Å²) < 4.78 is 10.5. The van der Waals surface area contributed by atoms with Gasteiger partial charge in [-0.2, -0.15) is 0 Å². The fraction of sp³-hybridized carbons (Fsp3) is 0.150. The second kappa shape index (κ2) is 7.28. The number of benzene rings is 1. The van der Waals surface area contributed by atoms with Crippen LogP contribution in [0.5, 0.6) is 5.75 Å². The van der Waals surface area contributed by atoms with Gasteiger partial charge in [0.05, 0.1) is 18.4 Å². The summed E-state index contributed by atoms with van der Waals surface area (Å²) in [6.07, 6.45) is 3.44. The summed E-state index contributed by atoms with van der Waals surface area (Å²) in [6, 6.07) is 12.8. The maximum absolute atomic E-state index is 12.5. The predicted octanol–water partition coefficient (Wildman–Crippen LogP) is 2.97. The Labute approximate surface area is 160 Å². The van der Waals surface area contributed by atoms with E-state index in [0.29, 0.717) is 5.57 Å². The lowest BCUT2D eigenvalue weighted by Crippen LogP contribution is -2.51. The lowest BCUT2D eigenvalue weighted by Gasteiger charge is -2.37. The average Bonchev–Trinajstić information content (AvgIpc) is 3.12. The molecule has 0 N–H and O–H groups in total. The van der Waals surface area contributed by atoms with E-state index in [0.717, 1.165) is 17.0 Å². The van der Waals surface area contributed by atoms with Crippen molar-refractivity contribution in [3.63, 3.8) is 0 Å². The Hall–Kier alpha value is -3.06. The lowest BCUT2D eigenvalue weighted by molar-refractivity contribution is -0.146. The van der Waals surface area contributed by atoms with Crippen LogP contribution >= 0.6 is 11.8 Å². The number of ether oxygens (including phenoxy) is 2. The number of hydrogen-bond acceptors (Lipinski definition) is 6. The quantitative estimate of drug-likeness (QED) is 0.451. The van der Waals surface area contributed by atoms with Crippen LogP contribution in [0.4, 0.5) is 0 Å². The molecule has 0 radical (unpaired) electrons. The molecular formula is C20H16N2O4S. The van der Waals surface area contributed by atoms with Crippen molar-refractivity contribution in [1.29, 1.82) is 0 Å². The van der Waals surface area contributed by atoms with Crippen molar-refractivity contribution in [2.75, 3.05) is 7.11 Å². The van der Waals surface area contributed by atoms with Crippen molar-refractivity contribution in [2.24, 2.45) is 0 Å². The van der Waals surface area contributed by atoms with Gasteiger partial charge in [0.15, 0.2) is 0 Å². The molecule has 6 nitrogen and oxygen atoms in total. The number of carbonyl (C=O) groups excluding carboxylic acids is 2. The van der Waals surface area contributed by atoms with E-state index in [1.165, 1.54) is 16.7 Å². The van der Waals surface area contributed by atoms with Crippen LogP contribution in [0.2, 0.25) is 0 Å². The SMILES string of the molecule is COc1ccc(COC(=O)C2=CS[C@@H]3/C(=C\c4ccccn4)C(=O)N23)cc1. The van der Waals surface area contributed by atoms with Crippen molar-refractivity contribution < 1.29 is 19.1 Å². The van der Waals surface area contributed by atoms with Crippen LogP contribution < -0.4 is 4.74 Å². The van der Waals surface area contributed by atoms with Crippen LogP contribution in [-0.4, -0.2) is 34.2 Å². The Balaban J connectivity index is 1.39. The number of β-lactam (4-membered cyclic amide) rings is 1. The van der Waals surface area contributed by atoms with E-state index in [1.54, 1.807) is 36.9 Å². The average molecular weight is 380 g/mol. The van der Waals surface area contributed by atoms with Gasteiger partial charge in [0, 0.05) is 11.6 Å². The highest BCUT2D eigenvalue weighted by atomic mass is 32.2. The summed E-state index contributed by atoms with van der Waals surface area (Å²) in [7, 11) is 1.59. The van der Waals surface area contributed by atoms with Gasteiger partial charge in [0.1, 0.15) is 23.4 Å². The molecule has 4 rings (SSSR count). The van der Waals surface area contributed by atoms with Crippen molar-refractivity contribution in [2.45, 2.75) is 12.0 Å². The summed E-state index contributed by atoms with van der Waals surface area (Å²) in [5.41, 5.74) is 2.48. The highest BCUT2D eigenvalue weighted by Crippen LogP contribution is 2.45. The number of fused-ring (bicyclic) bond motifs is 1. The number of rotatable bonds is 5. The molecule has 1 atom stereocenters. The van der Waals surface area contributed by atoms with Crippen LogP contribution in [0.15, 0.2) is 65.3 Å². The number of hydrogen-bond donors (Lipinski definition) is 0. The second-order valence-corrected chi connectivity index (χ2v) is 6.90. The molecule has 1 amide bonds. The van der Waals surface area contributed by atoms with E-state index in [9.17, 15) is 9.59 Å². The first-order valence-corrected chi connectivity index (χ1v) is 9.23. The molecule has 0 aliphatic carbocycles. The zero-order valence-corrected chi connectivity index (χ0v) is 15.3. The minimum absolute atomic E-state index is 0.133. The fourth-order valence-electron chi connectivity index (χ4n) is 2.82. The first-order chi connectivity index (χ1) is 13.2. The number of thioether (sulfide) groups is 1. The van der Waals surface area contributed by atoms with E-state index < -0.39 is 5.97 Å². The van der Waals surface area contributed by atoms with Gasteiger partial charge in [-0.25, -0.2) is 4.79 Å². The smallest absolute Gasteiger partial charge is 0.355 e. The highest BCUT2D eigenvalue weighted by Gasteiger charge is 2.49. The molecule has 2 aliphatic heterocycles. The Kier molecular flexibility index (Phi) is 4.68. The number of nitrogens with zero attached hydrogens (tertiary/aromatic N) is 2.